The molecule has 0 fully saturated rings. The quantitative estimate of drug-likeness (QED) is 0.772. The molecule has 2 aromatic heterocycles. The number of nitrogens with zero attached hydrogens (tertiary/aromatic N) is 4. The number of aromatic nitrogens is 4. The van der Waals surface area contributed by atoms with Crippen LogP contribution in [0, 0.1) is 0 Å². The van der Waals surface area contributed by atoms with E-state index in [1.165, 1.54) is 18.8 Å². The van der Waals surface area contributed by atoms with Crippen LogP contribution < -0.4 is 10.6 Å². The second kappa shape index (κ2) is 8.28. The molecule has 0 saturated carbocycles. The van der Waals surface area contributed by atoms with Crippen LogP contribution in [0.4, 0.5) is 4.79 Å². The molecule has 0 aromatic carbocycles. The molecule has 0 aliphatic heterocycles. The molecule has 3 amide bonds. The van der Waals surface area contributed by atoms with Gasteiger partial charge in [0.25, 0.3) is 0 Å². The second-order valence-electron chi connectivity index (χ2n) is 4.61. The van der Waals surface area contributed by atoms with Crippen molar-refractivity contribution in [3.05, 3.63) is 24.5 Å². The van der Waals surface area contributed by atoms with E-state index >= 15 is 0 Å². The van der Waals surface area contributed by atoms with E-state index in [-0.39, 0.29) is 11.7 Å². The van der Waals surface area contributed by atoms with Crippen LogP contribution in [0.25, 0.3) is 11.4 Å². The van der Waals surface area contributed by atoms with Gasteiger partial charge in [-0.2, -0.15) is 0 Å². The Labute approximate surface area is 138 Å². The normalized spacial score (nSPS) is 10.3. The van der Waals surface area contributed by atoms with Gasteiger partial charge < -0.3 is 9.88 Å². The average Bonchev–Trinajstić information content (AvgIpc) is 2.97. The highest BCUT2D eigenvalue weighted by Gasteiger charge is 2.15. The molecule has 0 radical (unpaired) electrons. The molecule has 122 valence electrons. The van der Waals surface area contributed by atoms with Gasteiger partial charge in [-0.15, -0.1) is 10.2 Å². The highest BCUT2D eigenvalue weighted by atomic mass is 32.2. The van der Waals surface area contributed by atoms with Crippen LogP contribution in [-0.4, -0.2) is 44.5 Å². The van der Waals surface area contributed by atoms with Crippen LogP contribution >= 0.6 is 11.8 Å². The predicted octanol–water partition coefficient (Wildman–Crippen LogP) is 1.30. The van der Waals surface area contributed by atoms with Crippen molar-refractivity contribution >= 4 is 23.7 Å². The number of nitrogens with one attached hydrogen (secondary N) is 2. The summed E-state index contributed by atoms with van der Waals surface area (Å²) >= 11 is 1.24. The summed E-state index contributed by atoms with van der Waals surface area (Å²) in [6.07, 6.45) is 4.31. The maximum absolute atomic E-state index is 11.7. The van der Waals surface area contributed by atoms with E-state index in [2.05, 4.69) is 32.7 Å². The number of carbonyl (C=O) groups is 2. The minimum absolute atomic E-state index is 0.0889. The summed E-state index contributed by atoms with van der Waals surface area (Å²) in [4.78, 5) is 26.8. The van der Waals surface area contributed by atoms with E-state index in [0.29, 0.717) is 5.16 Å². The SMILES string of the molecule is CCCn1c(SCC(=O)NC(=O)NC)nnc1-c1ccncc1. The molecule has 23 heavy (non-hydrogen) atoms. The van der Waals surface area contributed by atoms with E-state index in [1.54, 1.807) is 12.4 Å². The Kier molecular flexibility index (Phi) is 6.10. The number of thioether (sulfide) groups is 1. The number of imide groups is 1. The summed E-state index contributed by atoms with van der Waals surface area (Å²) in [6, 6.07) is 3.20. The Bertz CT molecular complexity index is 673. The molecule has 9 heteroatoms. The van der Waals surface area contributed by atoms with Crippen molar-refractivity contribution in [2.75, 3.05) is 12.8 Å². The summed E-state index contributed by atoms with van der Waals surface area (Å²) in [7, 11) is 1.45. The lowest BCUT2D eigenvalue weighted by Crippen LogP contribution is -2.38. The monoisotopic (exact) mass is 334 g/mol. The third kappa shape index (κ3) is 4.52. The summed E-state index contributed by atoms with van der Waals surface area (Å²) in [5, 5.41) is 13.6. The summed E-state index contributed by atoms with van der Waals surface area (Å²) in [6.45, 7) is 2.80. The third-order valence-corrected chi connectivity index (χ3v) is 3.88. The van der Waals surface area contributed by atoms with Crippen molar-refractivity contribution in [1.82, 2.24) is 30.4 Å². The Hall–Kier alpha value is -2.42. The highest BCUT2D eigenvalue weighted by Crippen LogP contribution is 2.23. The molecule has 2 aromatic rings. The molecule has 0 aliphatic rings. The van der Waals surface area contributed by atoms with Gasteiger partial charge in [0.05, 0.1) is 5.75 Å². The molecule has 0 spiro atoms. The second-order valence-corrected chi connectivity index (χ2v) is 5.55. The Morgan fingerprint density at radius 3 is 2.65 bits per heavy atom. The first-order chi connectivity index (χ1) is 11.2. The van der Waals surface area contributed by atoms with E-state index in [9.17, 15) is 9.59 Å². The summed E-state index contributed by atoms with van der Waals surface area (Å²) in [5.41, 5.74) is 0.919. The van der Waals surface area contributed by atoms with Crippen molar-refractivity contribution in [2.24, 2.45) is 0 Å². The maximum atomic E-state index is 11.7. The van der Waals surface area contributed by atoms with Gasteiger partial charge in [0, 0.05) is 31.5 Å². The number of urea groups is 1. The molecule has 0 bridgehead atoms. The molecule has 0 unspecified atom stereocenters. The van der Waals surface area contributed by atoms with Crippen LogP contribution in [0.5, 0.6) is 0 Å². The van der Waals surface area contributed by atoms with E-state index in [4.69, 9.17) is 0 Å². The topological polar surface area (TPSA) is 102 Å². The maximum Gasteiger partial charge on any atom is 0.321 e. The first-order valence-electron chi connectivity index (χ1n) is 7.13. The van der Waals surface area contributed by atoms with Gasteiger partial charge in [-0.3, -0.25) is 15.1 Å². The first-order valence-corrected chi connectivity index (χ1v) is 8.12. The number of amides is 3. The molecule has 2 N–H and O–H groups in total. The fourth-order valence-corrected chi connectivity index (χ4v) is 2.66. The van der Waals surface area contributed by atoms with Crippen LogP contribution in [-0.2, 0) is 11.3 Å². The lowest BCUT2D eigenvalue weighted by Gasteiger charge is -2.08. The lowest BCUT2D eigenvalue weighted by atomic mass is 10.2. The fraction of sp³-hybridized carbons (Fsp3) is 0.357. The summed E-state index contributed by atoms with van der Waals surface area (Å²) < 4.78 is 1.97. The Morgan fingerprint density at radius 1 is 1.26 bits per heavy atom. The number of rotatable bonds is 6. The number of pyridine rings is 1. The van der Waals surface area contributed by atoms with Gasteiger partial charge in [-0.25, -0.2) is 4.79 Å². The van der Waals surface area contributed by atoms with Crippen molar-refractivity contribution in [1.29, 1.82) is 0 Å². The molecule has 2 heterocycles. The van der Waals surface area contributed by atoms with E-state index < -0.39 is 6.03 Å². The minimum Gasteiger partial charge on any atom is -0.341 e. The first kappa shape index (κ1) is 16.9. The van der Waals surface area contributed by atoms with Crippen molar-refractivity contribution < 1.29 is 9.59 Å². The van der Waals surface area contributed by atoms with Crippen LogP contribution in [0.1, 0.15) is 13.3 Å². The van der Waals surface area contributed by atoms with E-state index in [1.807, 2.05) is 16.7 Å². The van der Waals surface area contributed by atoms with Gasteiger partial charge >= 0.3 is 6.03 Å². The van der Waals surface area contributed by atoms with Gasteiger partial charge in [0.1, 0.15) is 0 Å². The number of hydrogen-bond acceptors (Lipinski definition) is 6. The lowest BCUT2D eigenvalue weighted by molar-refractivity contribution is -0.117. The predicted molar refractivity (Wildman–Crippen MR) is 86.9 cm³/mol. The summed E-state index contributed by atoms with van der Waals surface area (Å²) in [5.74, 6) is 0.445. The van der Waals surface area contributed by atoms with Crippen LogP contribution in [0.15, 0.2) is 29.7 Å². The van der Waals surface area contributed by atoms with Crippen LogP contribution in [0.3, 0.4) is 0 Å². The van der Waals surface area contributed by atoms with Gasteiger partial charge in [0.2, 0.25) is 5.91 Å². The smallest absolute Gasteiger partial charge is 0.321 e. The van der Waals surface area contributed by atoms with Gasteiger partial charge in [-0.05, 0) is 18.6 Å². The molecular formula is C14H18N6O2S. The van der Waals surface area contributed by atoms with Crippen molar-refractivity contribution in [3.8, 4) is 11.4 Å². The van der Waals surface area contributed by atoms with E-state index in [0.717, 1.165) is 24.4 Å². The zero-order valence-electron chi connectivity index (χ0n) is 12.9. The number of hydrogen-bond donors (Lipinski definition) is 2. The molecule has 0 atom stereocenters. The van der Waals surface area contributed by atoms with Crippen molar-refractivity contribution in [2.45, 2.75) is 25.0 Å². The Morgan fingerprint density at radius 2 is 2.00 bits per heavy atom. The highest BCUT2D eigenvalue weighted by molar-refractivity contribution is 7.99. The van der Waals surface area contributed by atoms with Crippen molar-refractivity contribution in [3.63, 3.8) is 0 Å². The zero-order chi connectivity index (χ0) is 16.7. The molecular weight excluding hydrogens is 316 g/mol. The molecule has 0 saturated heterocycles. The zero-order valence-corrected chi connectivity index (χ0v) is 13.8. The third-order valence-electron chi connectivity index (χ3n) is 2.91. The molecule has 0 aliphatic carbocycles. The molecule has 2 rings (SSSR count). The minimum atomic E-state index is -0.525. The average molecular weight is 334 g/mol. The standard InChI is InChI=1S/C14H18N6O2S/c1-3-8-20-12(10-4-6-16-7-5-10)18-19-14(20)23-9-11(21)17-13(22)15-2/h4-7H,3,8-9H2,1-2H3,(H2,15,17,21,22). The largest absolute Gasteiger partial charge is 0.341 e. The fourth-order valence-electron chi connectivity index (χ4n) is 1.89. The van der Waals surface area contributed by atoms with Gasteiger partial charge in [-0.1, -0.05) is 18.7 Å². The number of carbonyl (C=O) groups excluding carboxylic acids is 2. The molecule has 8 nitrogen and oxygen atoms in total. The van der Waals surface area contributed by atoms with Crippen LogP contribution in [0.2, 0.25) is 0 Å². The van der Waals surface area contributed by atoms with Gasteiger partial charge in [0.15, 0.2) is 11.0 Å². The Balaban J connectivity index is 2.12.